The molecule has 0 unspecified atom stereocenters. The maximum atomic E-state index is 13.6. The molecule has 2 N–H and O–H groups in total. The number of nitrogens with zero attached hydrogens (tertiary/aromatic N) is 4. The number of amides is 2. The van der Waals surface area contributed by atoms with Gasteiger partial charge in [0.15, 0.2) is 0 Å². The molecule has 0 aliphatic carbocycles. The second kappa shape index (κ2) is 10.9. The molecule has 7 rings (SSSR count). The third kappa shape index (κ3) is 5.49. The minimum atomic E-state index is -4.90. The molecule has 3 aromatic carbocycles. The topological polar surface area (TPSA) is 107 Å². The SMILES string of the molecule is CC(=O)N1CCC[C@H]1c1nc2cc(-c3ccc(-c4ccc5[nH]c([C@@H]6CCCN6C(C)=O)nc5c4)c(OC(F)(F)F)c3)ccc2[nH]1. The first-order chi connectivity index (χ1) is 21.5. The molecule has 2 aliphatic heterocycles. The van der Waals surface area contributed by atoms with Crippen LogP contribution in [-0.4, -0.2) is 61.0 Å². The number of fused-ring (bicyclic) bond motifs is 2. The Morgan fingerprint density at radius 1 is 0.756 bits per heavy atom. The number of hydrogen-bond donors (Lipinski definition) is 2. The summed E-state index contributed by atoms with van der Waals surface area (Å²) in [5.74, 6) is 1.00. The van der Waals surface area contributed by atoms with Gasteiger partial charge in [-0.3, -0.25) is 9.59 Å². The molecule has 0 radical (unpaired) electrons. The average molecular weight is 617 g/mol. The largest absolute Gasteiger partial charge is 0.573 e. The van der Waals surface area contributed by atoms with Gasteiger partial charge in [-0.1, -0.05) is 24.3 Å². The first-order valence-corrected chi connectivity index (χ1v) is 15.0. The van der Waals surface area contributed by atoms with Crippen molar-refractivity contribution in [1.82, 2.24) is 29.7 Å². The lowest BCUT2D eigenvalue weighted by molar-refractivity contribution is -0.274. The summed E-state index contributed by atoms with van der Waals surface area (Å²) in [7, 11) is 0. The molecule has 2 atom stereocenters. The number of aromatic amines is 2. The van der Waals surface area contributed by atoms with E-state index in [0.29, 0.717) is 52.5 Å². The molecule has 45 heavy (non-hydrogen) atoms. The van der Waals surface area contributed by atoms with Crippen LogP contribution in [0.2, 0.25) is 0 Å². The number of benzene rings is 3. The lowest BCUT2D eigenvalue weighted by Crippen LogP contribution is -2.28. The fourth-order valence-electron chi connectivity index (χ4n) is 6.72. The van der Waals surface area contributed by atoms with Crippen molar-refractivity contribution >= 4 is 33.9 Å². The predicted molar refractivity (Wildman–Crippen MR) is 162 cm³/mol. The van der Waals surface area contributed by atoms with Crippen molar-refractivity contribution in [2.75, 3.05) is 13.1 Å². The Balaban J connectivity index is 1.23. The highest BCUT2D eigenvalue weighted by Gasteiger charge is 2.34. The third-order valence-electron chi connectivity index (χ3n) is 8.80. The van der Waals surface area contributed by atoms with Crippen LogP contribution in [0.5, 0.6) is 5.75 Å². The lowest BCUT2D eigenvalue weighted by atomic mass is 9.98. The van der Waals surface area contributed by atoms with E-state index in [-0.39, 0.29) is 35.2 Å². The summed E-state index contributed by atoms with van der Waals surface area (Å²) in [5.41, 5.74) is 4.74. The summed E-state index contributed by atoms with van der Waals surface area (Å²) in [6, 6.07) is 15.2. The van der Waals surface area contributed by atoms with E-state index < -0.39 is 6.36 Å². The van der Waals surface area contributed by atoms with Gasteiger partial charge in [0.1, 0.15) is 17.4 Å². The van der Waals surface area contributed by atoms with Crippen LogP contribution in [0.4, 0.5) is 13.2 Å². The number of carbonyl (C=O) groups excluding carboxylic acids is 2. The van der Waals surface area contributed by atoms with Gasteiger partial charge >= 0.3 is 6.36 Å². The van der Waals surface area contributed by atoms with Crippen molar-refractivity contribution in [1.29, 1.82) is 0 Å². The Bertz CT molecular complexity index is 1950. The van der Waals surface area contributed by atoms with Crippen LogP contribution in [0.3, 0.4) is 0 Å². The highest BCUT2D eigenvalue weighted by Crippen LogP contribution is 2.40. The van der Waals surface area contributed by atoms with Gasteiger partial charge in [0.2, 0.25) is 11.8 Å². The summed E-state index contributed by atoms with van der Waals surface area (Å²) in [6.07, 6.45) is -1.52. The lowest BCUT2D eigenvalue weighted by Gasteiger charge is -2.21. The monoisotopic (exact) mass is 616 g/mol. The number of H-pyrrole nitrogens is 2. The molecule has 4 heterocycles. The number of nitrogens with one attached hydrogen (secondary N) is 2. The summed E-state index contributed by atoms with van der Waals surface area (Å²) < 4.78 is 45.5. The van der Waals surface area contributed by atoms with Crippen LogP contribution in [-0.2, 0) is 9.59 Å². The molecule has 0 spiro atoms. The van der Waals surface area contributed by atoms with Crippen LogP contribution < -0.4 is 4.74 Å². The van der Waals surface area contributed by atoms with Crippen molar-refractivity contribution in [3.05, 3.63) is 66.2 Å². The number of carbonyl (C=O) groups is 2. The van der Waals surface area contributed by atoms with Crippen LogP contribution >= 0.6 is 0 Å². The van der Waals surface area contributed by atoms with Crippen LogP contribution in [0, 0.1) is 0 Å². The van der Waals surface area contributed by atoms with Crippen molar-refractivity contribution in [3.63, 3.8) is 0 Å². The van der Waals surface area contributed by atoms with Crippen molar-refractivity contribution in [2.24, 2.45) is 0 Å². The van der Waals surface area contributed by atoms with E-state index in [1.54, 1.807) is 47.1 Å². The van der Waals surface area contributed by atoms with E-state index in [1.165, 1.54) is 13.0 Å². The minimum absolute atomic E-state index is 0.00347. The number of likely N-dealkylation sites (tertiary alicyclic amines) is 2. The van der Waals surface area contributed by atoms with Gasteiger partial charge in [0.05, 0.1) is 34.2 Å². The molecule has 2 saturated heterocycles. The number of imidazole rings is 2. The molecule has 0 bridgehead atoms. The van der Waals surface area contributed by atoms with E-state index in [1.807, 2.05) is 18.2 Å². The average Bonchev–Trinajstić information content (AvgIpc) is 3.80. The molecule has 2 aromatic heterocycles. The Labute approximate surface area is 256 Å². The van der Waals surface area contributed by atoms with Crippen molar-refractivity contribution in [2.45, 2.75) is 58.0 Å². The fraction of sp³-hybridized carbons (Fsp3) is 0.333. The van der Waals surface area contributed by atoms with Crippen LogP contribution in [0.25, 0.3) is 44.3 Å². The summed E-state index contributed by atoms with van der Waals surface area (Å²) in [5, 5.41) is 0. The standard InChI is InChI=1S/C33H31F3N6O3/c1-18(43)41-13-3-5-28(41)31-37-24-11-8-20(15-26(24)39-31)21-7-10-23(30(17-21)45-33(34,35)36)22-9-12-25-27(16-22)40-32(38-25)29-6-4-14-42(29)19(2)44/h7-12,15-17,28-29H,3-6,13-14H2,1-2H3,(H,37,39)(H,38,40)/t28-,29-/m0/s1. The number of ether oxygens (including phenoxy) is 1. The molecular weight excluding hydrogens is 585 g/mol. The van der Waals surface area contributed by atoms with Gasteiger partial charge in [0.25, 0.3) is 0 Å². The molecule has 232 valence electrons. The zero-order chi connectivity index (χ0) is 31.5. The van der Waals surface area contributed by atoms with E-state index in [4.69, 9.17) is 9.97 Å². The Kier molecular flexibility index (Phi) is 7.02. The molecule has 12 heteroatoms. The maximum absolute atomic E-state index is 13.6. The summed E-state index contributed by atoms with van der Waals surface area (Å²) in [6.45, 7) is 4.44. The molecule has 2 amide bonds. The number of aromatic nitrogens is 4. The Morgan fingerprint density at radius 3 is 1.78 bits per heavy atom. The van der Waals surface area contributed by atoms with E-state index in [0.717, 1.165) is 36.7 Å². The smallest absolute Gasteiger partial charge is 0.405 e. The van der Waals surface area contributed by atoms with Gasteiger partial charge < -0.3 is 24.5 Å². The number of alkyl halides is 3. The van der Waals surface area contributed by atoms with E-state index in [2.05, 4.69) is 14.7 Å². The summed E-state index contributed by atoms with van der Waals surface area (Å²) >= 11 is 0. The van der Waals surface area contributed by atoms with Gasteiger partial charge in [-0.2, -0.15) is 0 Å². The van der Waals surface area contributed by atoms with Gasteiger partial charge in [-0.15, -0.1) is 13.2 Å². The minimum Gasteiger partial charge on any atom is -0.405 e. The van der Waals surface area contributed by atoms with Gasteiger partial charge in [-0.25, -0.2) is 9.97 Å². The Hall–Kier alpha value is -4.87. The number of halogens is 3. The molecule has 2 fully saturated rings. The third-order valence-corrected chi connectivity index (χ3v) is 8.80. The van der Waals surface area contributed by atoms with Crippen LogP contribution in [0.15, 0.2) is 54.6 Å². The first-order valence-electron chi connectivity index (χ1n) is 15.0. The molecule has 0 saturated carbocycles. The number of hydrogen-bond acceptors (Lipinski definition) is 5. The van der Waals surface area contributed by atoms with Gasteiger partial charge in [-0.05, 0) is 72.7 Å². The Morgan fingerprint density at radius 2 is 1.24 bits per heavy atom. The first kappa shape index (κ1) is 28.9. The van der Waals surface area contributed by atoms with E-state index >= 15 is 0 Å². The fourth-order valence-corrected chi connectivity index (χ4v) is 6.72. The van der Waals surface area contributed by atoms with E-state index in [9.17, 15) is 22.8 Å². The van der Waals surface area contributed by atoms with Crippen molar-refractivity contribution in [3.8, 4) is 28.0 Å². The van der Waals surface area contributed by atoms with Gasteiger partial charge in [0, 0.05) is 32.5 Å². The number of rotatable bonds is 5. The second-order valence-electron chi connectivity index (χ2n) is 11.7. The molecule has 5 aromatic rings. The van der Waals surface area contributed by atoms with Crippen LogP contribution in [0.1, 0.15) is 63.3 Å². The molecule has 2 aliphatic rings. The predicted octanol–water partition coefficient (Wildman–Crippen LogP) is 7.04. The summed E-state index contributed by atoms with van der Waals surface area (Å²) in [4.78, 5) is 43.8. The zero-order valence-electron chi connectivity index (χ0n) is 24.7. The zero-order valence-corrected chi connectivity index (χ0v) is 24.7. The molecule has 9 nitrogen and oxygen atoms in total. The highest BCUT2D eigenvalue weighted by atomic mass is 19.4. The quantitative estimate of drug-likeness (QED) is 0.220. The second-order valence-corrected chi connectivity index (χ2v) is 11.7. The normalized spacial score (nSPS) is 18.8. The van der Waals surface area contributed by atoms with Crippen molar-refractivity contribution < 1.29 is 27.5 Å². The molecular formula is C33H31F3N6O3. The highest BCUT2D eigenvalue weighted by molar-refractivity contribution is 5.87. The maximum Gasteiger partial charge on any atom is 0.573 e.